The van der Waals surface area contributed by atoms with Crippen LogP contribution in [0.5, 0.6) is 11.5 Å². The van der Waals surface area contributed by atoms with Crippen LogP contribution in [0.3, 0.4) is 0 Å². The summed E-state index contributed by atoms with van der Waals surface area (Å²) in [5.41, 5.74) is -2.34. The number of ether oxygens (including phenoxy) is 5. The minimum atomic E-state index is -1.00. The summed E-state index contributed by atoms with van der Waals surface area (Å²) < 4.78 is 42.5. The van der Waals surface area contributed by atoms with Crippen molar-refractivity contribution in [1.29, 1.82) is 0 Å². The van der Waals surface area contributed by atoms with Crippen LogP contribution >= 0.6 is 0 Å². The average molecular weight is 826 g/mol. The average Bonchev–Trinajstić information content (AvgIpc) is 3.62. The molecule has 1 N–H and O–H groups in total. The van der Waals surface area contributed by atoms with Gasteiger partial charge in [-0.25, -0.2) is 14.4 Å². The number of hydrogen-bond acceptors (Lipinski definition) is 12. The van der Waals surface area contributed by atoms with Crippen molar-refractivity contribution < 1.29 is 57.0 Å². The summed E-state index contributed by atoms with van der Waals surface area (Å²) in [5, 5.41) is 2.82. The van der Waals surface area contributed by atoms with E-state index >= 15 is 0 Å². The van der Waals surface area contributed by atoms with Gasteiger partial charge in [0.1, 0.15) is 40.3 Å². The molecule has 6 fully saturated rings. The zero-order chi connectivity index (χ0) is 43.6. The minimum absolute atomic E-state index is 0.00327. The molecular weight excluding hydrogens is 761 g/mol. The Labute approximate surface area is 348 Å². The first kappa shape index (κ1) is 44.5. The molecule has 6 aliphatic rings. The maximum Gasteiger partial charge on any atom is 0.514 e. The molecular formula is C43H64BN3O12. The van der Waals surface area contributed by atoms with E-state index in [1.807, 2.05) is 0 Å². The largest absolute Gasteiger partial charge is 0.514 e. The Hall–Kier alpha value is -4.05. The maximum absolute atomic E-state index is 14.1. The number of nitrogens with zero attached hydrogens (tertiary/aromatic N) is 2. The SMILES string of the molecule is CC(=O)N[C@H]1C[C@@H](C(=O)N2CC(Oc3ccc(CCB4O[C@@H]5C[C@@H]6C[C@@H](C6(C)C)[C@]5(C)O4)c(OC(=O)OC(C)(C)C)c3C(=O)OC(C)(C)C)C2)N(C(=O)OC(C)(C)C)C1. The molecule has 59 heavy (non-hydrogen) atoms. The molecule has 3 saturated carbocycles. The molecule has 0 radical (unpaired) electrons. The summed E-state index contributed by atoms with van der Waals surface area (Å²) >= 11 is 0. The Balaban J connectivity index is 1.22. The highest BCUT2D eigenvalue weighted by atomic mass is 16.7. The third-order valence-corrected chi connectivity index (χ3v) is 12.1. The van der Waals surface area contributed by atoms with Gasteiger partial charge in [-0.2, -0.15) is 0 Å². The highest BCUT2D eigenvalue weighted by Crippen LogP contribution is 2.65. The molecule has 326 valence electrons. The van der Waals surface area contributed by atoms with E-state index in [9.17, 15) is 24.0 Å². The van der Waals surface area contributed by atoms with Gasteiger partial charge in [-0.15, -0.1) is 0 Å². The molecule has 3 amide bonds. The van der Waals surface area contributed by atoms with E-state index in [2.05, 4.69) is 26.1 Å². The van der Waals surface area contributed by atoms with E-state index < -0.39 is 65.9 Å². The maximum atomic E-state index is 14.1. The normalized spacial score (nSPS) is 27.5. The number of likely N-dealkylation sites (tertiary alicyclic amines) is 2. The number of amides is 3. The van der Waals surface area contributed by atoms with Gasteiger partial charge in [0.25, 0.3) is 0 Å². The predicted molar refractivity (Wildman–Crippen MR) is 217 cm³/mol. The number of carbonyl (C=O) groups excluding carboxylic acids is 5. The highest BCUT2D eigenvalue weighted by molar-refractivity contribution is 6.45. The lowest BCUT2D eigenvalue weighted by Crippen LogP contribution is -2.65. The van der Waals surface area contributed by atoms with Crippen molar-refractivity contribution in [3.63, 3.8) is 0 Å². The van der Waals surface area contributed by atoms with Crippen LogP contribution in [0.1, 0.15) is 125 Å². The van der Waals surface area contributed by atoms with Crippen molar-refractivity contribution in [2.75, 3.05) is 19.6 Å². The lowest BCUT2D eigenvalue weighted by Gasteiger charge is -2.64. The molecule has 0 spiro atoms. The van der Waals surface area contributed by atoms with Gasteiger partial charge in [-0.1, -0.05) is 19.9 Å². The first-order valence-electron chi connectivity index (χ1n) is 21.0. The summed E-state index contributed by atoms with van der Waals surface area (Å²) in [4.78, 5) is 69.3. The summed E-state index contributed by atoms with van der Waals surface area (Å²) in [5.74, 6) is -0.294. The van der Waals surface area contributed by atoms with Gasteiger partial charge in [-0.05, 0) is 130 Å². The lowest BCUT2D eigenvalue weighted by atomic mass is 9.43. The summed E-state index contributed by atoms with van der Waals surface area (Å²) in [6.07, 6.45) is 0.871. The number of esters is 1. The molecule has 3 saturated heterocycles. The smallest absolute Gasteiger partial charge is 0.486 e. The summed E-state index contributed by atoms with van der Waals surface area (Å²) in [6.45, 7) is 24.2. The number of nitrogens with one attached hydrogen (secondary N) is 1. The molecule has 6 atom stereocenters. The van der Waals surface area contributed by atoms with Crippen LogP contribution in [-0.4, -0.2) is 113 Å². The molecule has 15 nitrogen and oxygen atoms in total. The van der Waals surface area contributed by atoms with Crippen molar-refractivity contribution in [2.24, 2.45) is 17.3 Å². The van der Waals surface area contributed by atoms with E-state index in [4.69, 9.17) is 33.0 Å². The van der Waals surface area contributed by atoms with Crippen molar-refractivity contribution >= 4 is 37.2 Å². The highest BCUT2D eigenvalue weighted by Gasteiger charge is 2.67. The molecule has 2 bridgehead atoms. The van der Waals surface area contributed by atoms with Crippen molar-refractivity contribution in [1.82, 2.24) is 15.1 Å². The third kappa shape index (κ3) is 9.79. The van der Waals surface area contributed by atoms with Crippen molar-refractivity contribution in [3.8, 4) is 11.5 Å². The molecule has 1 aromatic carbocycles. The zero-order valence-electron chi connectivity index (χ0n) is 37.1. The fourth-order valence-electron chi connectivity index (χ4n) is 9.31. The summed E-state index contributed by atoms with van der Waals surface area (Å²) in [7, 11) is -0.492. The quantitative estimate of drug-likeness (QED) is 0.127. The molecule has 16 heteroatoms. The fourth-order valence-corrected chi connectivity index (χ4v) is 9.31. The Bertz CT molecular complexity index is 1830. The topological polar surface area (TPSA) is 168 Å². The third-order valence-electron chi connectivity index (χ3n) is 12.1. The molecule has 7 rings (SSSR count). The van der Waals surface area contributed by atoms with Gasteiger partial charge in [-0.3, -0.25) is 14.5 Å². The molecule has 1 aromatic rings. The van der Waals surface area contributed by atoms with Gasteiger partial charge in [0.05, 0.1) is 24.8 Å². The number of benzene rings is 1. The number of carbonyl (C=O) groups is 5. The van der Waals surface area contributed by atoms with E-state index in [0.717, 1.165) is 12.8 Å². The van der Waals surface area contributed by atoms with Gasteiger partial charge < -0.3 is 43.2 Å². The predicted octanol–water partition coefficient (Wildman–Crippen LogP) is 6.33. The standard InChI is InChI=1S/C43H64BN3O12/c1-24(48)45-27-20-29(47(21-27)37(51)56-40(5,6)7)35(49)46-22-28(23-46)53-30-15-14-25(16-17-44-58-32-19-26-18-31(42(26,11)12)43(32,13)59-44)34(54-38(52)57-41(8,9)10)33(30)36(50)55-39(2,3)4/h14-15,26-29,31-32H,16-23H2,1-13H3,(H,45,48)/t26-,27-,29-,31-,32+,43-/m0/s1. The van der Waals surface area contributed by atoms with E-state index in [0.29, 0.717) is 30.1 Å². The second-order valence-corrected chi connectivity index (χ2v) is 20.7. The van der Waals surface area contributed by atoms with Crippen molar-refractivity contribution in [3.05, 3.63) is 23.3 Å². The monoisotopic (exact) mass is 825 g/mol. The summed E-state index contributed by atoms with van der Waals surface area (Å²) in [6, 6.07) is 2.12. The number of hydrogen-bond donors (Lipinski definition) is 1. The van der Waals surface area contributed by atoms with Gasteiger partial charge in [0.2, 0.25) is 11.8 Å². The van der Waals surface area contributed by atoms with Crippen LogP contribution in [0.4, 0.5) is 9.59 Å². The number of rotatable bonds is 9. The van der Waals surface area contributed by atoms with E-state index in [-0.39, 0.29) is 66.5 Å². The Morgan fingerprint density at radius 3 is 2.10 bits per heavy atom. The van der Waals surface area contributed by atoms with Crippen LogP contribution in [0.2, 0.25) is 6.32 Å². The van der Waals surface area contributed by atoms with Gasteiger partial charge >= 0.3 is 25.3 Å². The number of aryl methyl sites for hydroxylation is 1. The minimum Gasteiger partial charge on any atom is -0.486 e. The molecule has 3 aliphatic heterocycles. The van der Waals surface area contributed by atoms with E-state index in [1.54, 1.807) is 79.3 Å². The van der Waals surface area contributed by atoms with Gasteiger partial charge in [0, 0.05) is 19.5 Å². The second-order valence-electron chi connectivity index (χ2n) is 20.7. The molecule has 3 aliphatic carbocycles. The molecule has 3 heterocycles. The first-order chi connectivity index (χ1) is 27.1. The molecule has 0 aromatic heterocycles. The van der Waals surface area contributed by atoms with Crippen LogP contribution < -0.4 is 14.8 Å². The van der Waals surface area contributed by atoms with Crippen LogP contribution in [0, 0.1) is 17.3 Å². The van der Waals surface area contributed by atoms with Crippen LogP contribution in [0.15, 0.2) is 12.1 Å². The van der Waals surface area contributed by atoms with Crippen molar-refractivity contribution in [2.45, 2.75) is 169 Å². The zero-order valence-corrected chi connectivity index (χ0v) is 37.1. The van der Waals surface area contributed by atoms with Gasteiger partial charge in [0.15, 0.2) is 5.75 Å². The first-order valence-corrected chi connectivity index (χ1v) is 21.0. The second kappa shape index (κ2) is 15.8. The fraction of sp³-hybridized carbons (Fsp3) is 0.744. The van der Waals surface area contributed by atoms with Crippen LogP contribution in [-0.2, 0) is 39.5 Å². The Morgan fingerprint density at radius 1 is 0.864 bits per heavy atom. The molecule has 0 unspecified atom stereocenters. The lowest BCUT2D eigenvalue weighted by molar-refractivity contribution is -0.199. The Kier molecular flexibility index (Phi) is 11.9. The van der Waals surface area contributed by atoms with E-state index in [1.165, 1.54) is 11.8 Å². The van der Waals surface area contributed by atoms with Crippen LogP contribution in [0.25, 0.3) is 0 Å². The Morgan fingerprint density at radius 2 is 1.51 bits per heavy atom.